The van der Waals surface area contributed by atoms with Gasteiger partial charge in [0.05, 0.1) is 5.69 Å². The van der Waals surface area contributed by atoms with Crippen molar-refractivity contribution in [3.63, 3.8) is 0 Å². The number of piperidine rings is 1. The summed E-state index contributed by atoms with van der Waals surface area (Å²) in [7, 11) is 0. The van der Waals surface area contributed by atoms with Gasteiger partial charge in [-0.15, -0.1) is 0 Å². The van der Waals surface area contributed by atoms with Crippen LogP contribution in [-0.2, 0) is 16.1 Å². The van der Waals surface area contributed by atoms with Crippen LogP contribution >= 0.6 is 0 Å². The van der Waals surface area contributed by atoms with Gasteiger partial charge in [0.1, 0.15) is 6.10 Å². The van der Waals surface area contributed by atoms with E-state index in [2.05, 4.69) is 29.6 Å². The van der Waals surface area contributed by atoms with Gasteiger partial charge in [-0.1, -0.05) is 0 Å². The van der Waals surface area contributed by atoms with E-state index in [-0.39, 0.29) is 17.9 Å². The van der Waals surface area contributed by atoms with Gasteiger partial charge in [0.25, 0.3) is 0 Å². The maximum absolute atomic E-state index is 12.4. The van der Waals surface area contributed by atoms with E-state index in [0.29, 0.717) is 18.5 Å². The monoisotopic (exact) mass is 320 g/mol. The largest absolute Gasteiger partial charge is 0.372 e. The molecule has 3 heterocycles. The standard InChI is InChI=1S/C17H28N4O2/c1-3-21-15(5-8-20-21)16-14(6-9-23-16)11-19-17(22)13-4-7-18-12(2)10-13/h5,8,12-14,16,18H,3-4,6-7,9-11H2,1-2H3,(H,19,22)/t12-,13-,14-,16+/m0/s1. The van der Waals surface area contributed by atoms with Crippen LogP contribution in [0.4, 0.5) is 0 Å². The molecule has 3 rings (SSSR count). The first-order valence-corrected chi connectivity index (χ1v) is 8.83. The summed E-state index contributed by atoms with van der Waals surface area (Å²) in [4.78, 5) is 12.4. The number of nitrogens with one attached hydrogen (secondary N) is 2. The molecule has 0 bridgehead atoms. The Balaban J connectivity index is 1.56. The molecular formula is C17H28N4O2. The molecule has 2 aliphatic heterocycles. The minimum atomic E-state index is 0.0460. The number of carbonyl (C=O) groups is 1. The molecular weight excluding hydrogens is 292 g/mol. The minimum absolute atomic E-state index is 0.0460. The first kappa shape index (κ1) is 16.5. The van der Waals surface area contributed by atoms with Gasteiger partial charge in [-0.05, 0) is 45.7 Å². The average molecular weight is 320 g/mol. The third-order valence-electron chi connectivity index (χ3n) is 5.09. The van der Waals surface area contributed by atoms with Crippen molar-refractivity contribution in [3.05, 3.63) is 18.0 Å². The zero-order valence-electron chi connectivity index (χ0n) is 14.1. The van der Waals surface area contributed by atoms with Gasteiger partial charge in [-0.2, -0.15) is 5.10 Å². The first-order valence-electron chi connectivity index (χ1n) is 8.83. The van der Waals surface area contributed by atoms with E-state index in [4.69, 9.17) is 4.74 Å². The maximum Gasteiger partial charge on any atom is 0.223 e. The summed E-state index contributed by atoms with van der Waals surface area (Å²) in [6.07, 6.45) is 4.72. The van der Waals surface area contributed by atoms with Crippen molar-refractivity contribution < 1.29 is 9.53 Å². The van der Waals surface area contributed by atoms with Crippen LogP contribution in [0.2, 0.25) is 0 Å². The molecule has 1 aromatic heterocycles. The molecule has 0 unspecified atom stereocenters. The van der Waals surface area contributed by atoms with Crippen LogP contribution in [0.5, 0.6) is 0 Å². The normalized spacial score (nSPS) is 31.2. The Bertz CT molecular complexity index is 530. The van der Waals surface area contributed by atoms with Gasteiger partial charge >= 0.3 is 0 Å². The predicted octanol–water partition coefficient (Wildman–Crippen LogP) is 1.48. The summed E-state index contributed by atoms with van der Waals surface area (Å²) < 4.78 is 7.91. The number of aryl methyl sites for hydroxylation is 1. The molecule has 2 N–H and O–H groups in total. The van der Waals surface area contributed by atoms with E-state index in [9.17, 15) is 4.79 Å². The maximum atomic E-state index is 12.4. The molecule has 6 nitrogen and oxygen atoms in total. The number of carbonyl (C=O) groups excluding carboxylic acids is 1. The number of hydrogen-bond acceptors (Lipinski definition) is 4. The number of rotatable bonds is 5. The van der Waals surface area contributed by atoms with Gasteiger partial charge in [0.15, 0.2) is 0 Å². The predicted molar refractivity (Wildman–Crippen MR) is 87.9 cm³/mol. The number of nitrogens with zero attached hydrogens (tertiary/aromatic N) is 2. The third kappa shape index (κ3) is 3.75. The molecule has 2 aliphatic rings. The summed E-state index contributed by atoms with van der Waals surface area (Å²) in [5.41, 5.74) is 1.12. The van der Waals surface area contributed by atoms with E-state index in [0.717, 1.165) is 44.7 Å². The van der Waals surface area contributed by atoms with E-state index < -0.39 is 0 Å². The molecule has 0 saturated carbocycles. The average Bonchev–Trinajstić information content (AvgIpc) is 3.20. The number of aromatic nitrogens is 2. The lowest BCUT2D eigenvalue weighted by atomic mass is 9.92. The summed E-state index contributed by atoms with van der Waals surface area (Å²) in [6, 6.07) is 2.46. The van der Waals surface area contributed by atoms with E-state index in [1.807, 2.05) is 16.9 Å². The first-order chi connectivity index (χ1) is 11.2. The second kappa shape index (κ2) is 7.45. The molecule has 0 aromatic carbocycles. The van der Waals surface area contributed by atoms with Crippen LogP contribution in [0.3, 0.4) is 0 Å². The molecule has 0 spiro atoms. The Morgan fingerprint density at radius 1 is 1.52 bits per heavy atom. The number of hydrogen-bond donors (Lipinski definition) is 2. The summed E-state index contributed by atoms with van der Waals surface area (Å²) in [5.74, 6) is 0.682. The number of amides is 1. The summed E-state index contributed by atoms with van der Waals surface area (Å²) >= 11 is 0. The lowest BCUT2D eigenvalue weighted by Gasteiger charge is -2.28. The fourth-order valence-electron chi connectivity index (χ4n) is 3.76. The highest BCUT2D eigenvalue weighted by Crippen LogP contribution is 2.34. The molecule has 0 aliphatic carbocycles. The lowest BCUT2D eigenvalue weighted by molar-refractivity contribution is -0.126. The Hall–Kier alpha value is -1.40. The van der Waals surface area contributed by atoms with Gasteiger partial charge in [-0.3, -0.25) is 9.48 Å². The van der Waals surface area contributed by atoms with Gasteiger partial charge in [0, 0.05) is 43.8 Å². The molecule has 0 radical (unpaired) electrons. The molecule has 23 heavy (non-hydrogen) atoms. The van der Waals surface area contributed by atoms with Crippen LogP contribution in [0.25, 0.3) is 0 Å². The fraction of sp³-hybridized carbons (Fsp3) is 0.765. The molecule has 1 amide bonds. The Morgan fingerprint density at radius 3 is 3.17 bits per heavy atom. The Labute approximate surface area is 138 Å². The second-order valence-corrected chi connectivity index (χ2v) is 6.73. The molecule has 2 fully saturated rings. The second-order valence-electron chi connectivity index (χ2n) is 6.73. The van der Waals surface area contributed by atoms with Crippen molar-refractivity contribution in [2.45, 2.75) is 51.8 Å². The summed E-state index contributed by atoms with van der Waals surface area (Å²) in [5, 5.41) is 10.9. The van der Waals surface area contributed by atoms with Crippen molar-refractivity contribution in [3.8, 4) is 0 Å². The van der Waals surface area contributed by atoms with E-state index in [1.165, 1.54) is 0 Å². The highest BCUT2D eigenvalue weighted by atomic mass is 16.5. The van der Waals surface area contributed by atoms with Gasteiger partial charge in [-0.25, -0.2) is 0 Å². The van der Waals surface area contributed by atoms with Crippen LogP contribution in [0.1, 0.15) is 44.9 Å². The van der Waals surface area contributed by atoms with Crippen molar-refractivity contribution in [2.75, 3.05) is 19.7 Å². The zero-order valence-corrected chi connectivity index (χ0v) is 14.1. The molecule has 1 aromatic rings. The van der Waals surface area contributed by atoms with Crippen molar-refractivity contribution >= 4 is 5.91 Å². The Morgan fingerprint density at radius 2 is 2.39 bits per heavy atom. The van der Waals surface area contributed by atoms with Gasteiger partial charge in [0.2, 0.25) is 5.91 Å². The molecule has 6 heteroatoms. The zero-order chi connectivity index (χ0) is 16.2. The Kier molecular flexibility index (Phi) is 5.33. The smallest absolute Gasteiger partial charge is 0.223 e. The van der Waals surface area contributed by atoms with Crippen LogP contribution in [0.15, 0.2) is 12.3 Å². The van der Waals surface area contributed by atoms with Crippen LogP contribution in [-0.4, -0.2) is 41.4 Å². The fourth-order valence-corrected chi connectivity index (χ4v) is 3.76. The highest BCUT2D eigenvalue weighted by Gasteiger charge is 2.33. The van der Waals surface area contributed by atoms with E-state index in [1.54, 1.807) is 0 Å². The van der Waals surface area contributed by atoms with Crippen molar-refractivity contribution in [2.24, 2.45) is 11.8 Å². The SMILES string of the molecule is CCn1nccc1[C@@H]1OCC[C@H]1CNC(=O)[C@H]1CCN[C@@H](C)C1. The molecule has 128 valence electrons. The van der Waals surface area contributed by atoms with Crippen LogP contribution < -0.4 is 10.6 Å². The highest BCUT2D eigenvalue weighted by molar-refractivity contribution is 5.78. The lowest BCUT2D eigenvalue weighted by Crippen LogP contribution is -2.43. The number of ether oxygens (including phenoxy) is 1. The van der Waals surface area contributed by atoms with Crippen molar-refractivity contribution in [1.29, 1.82) is 0 Å². The summed E-state index contributed by atoms with van der Waals surface area (Å²) in [6.45, 7) is 7.45. The van der Waals surface area contributed by atoms with Crippen molar-refractivity contribution in [1.82, 2.24) is 20.4 Å². The van der Waals surface area contributed by atoms with Gasteiger partial charge < -0.3 is 15.4 Å². The van der Waals surface area contributed by atoms with Crippen LogP contribution in [0, 0.1) is 11.8 Å². The third-order valence-corrected chi connectivity index (χ3v) is 5.09. The minimum Gasteiger partial charge on any atom is -0.372 e. The quantitative estimate of drug-likeness (QED) is 0.862. The molecule has 4 atom stereocenters. The topological polar surface area (TPSA) is 68.2 Å². The van der Waals surface area contributed by atoms with E-state index >= 15 is 0 Å². The molecule has 2 saturated heterocycles.